The third-order valence-electron chi connectivity index (χ3n) is 5.97. The van der Waals surface area contributed by atoms with E-state index in [1.807, 2.05) is 43.7 Å². The number of fused-ring (bicyclic) bond motifs is 2. The normalized spacial score (nSPS) is 11.9. The van der Waals surface area contributed by atoms with Crippen molar-refractivity contribution < 1.29 is 9.18 Å². The number of pyridine rings is 3. The Labute approximate surface area is 220 Å². The molecule has 0 aliphatic carbocycles. The lowest BCUT2D eigenvalue weighted by Gasteiger charge is -2.17. The minimum atomic E-state index is -0.572. The Morgan fingerprint density at radius 3 is 2.76 bits per heavy atom. The molecule has 1 amide bonds. The maximum Gasteiger partial charge on any atom is 0.224 e. The summed E-state index contributed by atoms with van der Waals surface area (Å²) in [5, 5.41) is 14.3. The zero-order valence-electron chi connectivity index (χ0n) is 20.8. The lowest BCUT2D eigenvalue weighted by atomic mass is 9.92. The molecule has 6 aromatic heterocycles. The topological polar surface area (TPSA) is 125 Å². The van der Waals surface area contributed by atoms with E-state index in [2.05, 4.69) is 35.5 Å². The van der Waals surface area contributed by atoms with E-state index in [0.717, 1.165) is 11.1 Å². The lowest BCUT2D eigenvalue weighted by Crippen LogP contribution is -2.19. The summed E-state index contributed by atoms with van der Waals surface area (Å²) in [7, 11) is 0. The van der Waals surface area contributed by atoms with E-state index < -0.39 is 5.82 Å². The van der Waals surface area contributed by atoms with Gasteiger partial charge in [0.15, 0.2) is 17.3 Å². The monoisotopic (exact) mass is 526 g/mol. The SMILES string of the molecule is CC(C)(C)CC(=O)Nc1cncc(-c2ncc3[nH]nc(-c4nc5c(-c6ccsc6)ccnc5[nH]4)c3c2F)c1. The maximum absolute atomic E-state index is 16.0. The molecule has 0 bridgehead atoms. The molecule has 0 radical (unpaired) electrons. The first-order valence-corrected chi connectivity index (χ1v) is 12.9. The fourth-order valence-electron chi connectivity index (χ4n) is 4.35. The van der Waals surface area contributed by atoms with E-state index in [1.54, 1.807) is 23.6 Å². The summed E-state index contributed by atoms with van der Waals surface area (Å²) in [4.78, 5) is 33.2. The van der Waals surface area contributed by atoms with E-state index in [0.29, 0.717) is 45.9 Å². The van der Waals surface area contributed by atoms with Crippen LogP contribution in [0.15, 0.2) is 53.7 Å². The third kappa shape index (κ3) is 4.41. The molecule has 6 rings (SSSR count). The lowest BCUT2D eigenvalue weighted by molar-refractivity contribution is -0.117. The van der Waals surface area contributed by atoms with Crippen molar-refractivity contribution in [3.05, 3.63) is 59.6 Å². The number of amides is 1. The van der Waals surface area contributed by atoms with Crippen LogP contribution in [0.3, 0.4) is 0 Å². The van der Waals surface area contributed by atoms with Gasteiger partial charge in [0.2, 0.25) is 5.91 Å². The summed E-state index contributed by atoms with van der Waals surface area (Å²) < 4.78 is 16.0. The van der Waals surface area contributed by atoms with Crippen molar-refractivity contribution in [3.63, 3.8) is 0 Å². The number of hydrogen-bond acceptors (Lipinski definition) is 7. The minimum absolute atomic E-state index is 0.0905. The molecule has 0 atom stereocenters. The Morgan fingerprint density at radius 1 is 1.11 bits per heavy atom. The standard InChI is InChI=1S/C27H23FN8OS/c1-27(2,3)9-19(37)32-16-8-15(10-29-11-16)22-21(28)20-18(12-31-22)35-36-24(20)26-33-23-17(14-5-7-38-13-14)4-6-30-25(23)34-26/h4-8,10-13H,9H2,1-3H3,(H,32,37)(H,35,36)(H,30,33,34). The van der Waals surface area contributed by atoms with Crippen LogP contribution in [0, 0.1) is 11.2 Å². The predicted octanol–water partition coefficient (Wildman–Crippen LogP) is 6.20. The Balaban J connectivity index is 1.40. The van der Waals surface area contributed by atoms with Crippen molar-refractivity contribution in [1.82, 2.24) is 35.1 Å². The van der Waals surface area contributed by atoms with Gasteiger partial charge < -0.3 is 10.3 Å². The zero-order valence-corrected chi connectivity index (χ0v) is 21.7. The van der Waals surface area contributed by atoms with E-state index in [-0.39, 0.29) is 22.4 Å². The van der Waals surface area contributed by atoms with Gasteiger partial charge in [-0.2, -0.15) is 16.4 Å². The van der Waals surface area contributed by atoms with Crippen LogP contribution in [0.2, 0.25) is 0 Å². The second-order valence-electron chi connectivity index (χ2n) is 10.2. The molecule has 0 aliphatic heterocycles. The second kappa shape index (κ2) is 9.10. The molecule has 0 unspecified atom stereocenters. The molecule has 190 valence electrons. The first kappa shape index (κ1) is 23.9. The van der Waals surface area contributed by atoms with Crippen molar-refractivity contribution in [2.45, 2.75) is 27.2 Å². The molecule has 6 heterocycles. The van der Waals surface area contributed by atoms with Gasteiger partial charge in [-0.05, 0) is 39.9 Å². The molecule has 38 heavy (non-hydrogen) atoms. The number of nitrogens with zero attached hydrogens (tertiary/aromatic N) is 5. The number of thiophene rings is 1. The third-order valence-corrected chi connectivity index (χ3v) is 6.66. The Morgan fingerprint density at radius 2 is 1.97 bits per heavy atom. The van der Waals surface area contributed by atoms with Gasteiger partial charge in [-0.25, -0.2) is 14.4 Å². The number of carbonyl (C=O) groups is 1. The summed E-state index contributed by atoms with van der Waals surface area (Å²) in [5.41, 5.74) is 4.78. The van der Waals surface area contributed by atoms with Crippen molar-refractivity contribution in [3.8, 4) is 33.9 Å². The zero-order chi connectivity index (χ0) is 26.4. The largest absolute Gasteiger partial charge is 0.325 e. The van der Waals surface area contributed by atoms with Crippen LogP contribution in [-0.4, -0.2) is 41.0 Å². The van der Waals surface area contributed by atoms with Crippen LogP contribution in [0.4, 0.5) is 10.1 Å². The Bertz CT molecular complexity index is 1800. The van der Waals surface area contributed by atoms with E-state index >= 15 is 4.39 Å². The highest BCUT2D eigenvalue weighted by Gasteiger charge is 2.22. The molecule has 6 aromatic rings. The Kier molecular flexibility index (Phi) is 5.72. The number of carbonyl (C=O) groups excluding carboxylic acids is 1. The molecule has 11 heteroatoms. The van der Waals surface area contributed by atoms with Gasteiger partial charge in [0.1, 0.15) is 16.9 Å². The first-order chi connectivity index (χ1) is 18.3. The predicted molar refractivity (Wildman–Crippen MR) is 146 cm³/mol. The van der Waals surface area contributed by atoms with E-state index in [4.69, 9.17) is 4.98 Å². The molecule has 9 nitrogen and oxygen atoms in total. The summed E-state index contributed by atoms with van der Waals surface area (Å²) in [6.45, 7) is 5.96. The molecule has 3 N–H and O–H groups in total. The summed E-state index contributed by atoms with van der Waals surface area (Å²) >= 11 is 1.60. The molecule has 0 aliphatic rings. The average Bonchev–Trinajstić information content (AvgIpc) is 3.62. The fraction of sp³-hybridized carbons (Fsp3) is 0.185. The second-order valence-corrected chi connectivity index (χ2v) is 11.0. The van der Waals surface area contributed by atoms with Gasteiger partial charge in [0.25, 0.3) is 0 Å². The number of halogens is 1. The number of anilines is 1. The van der Waals surface area contributed by atoms with Crippen molar-refractivity contribution in [2.24, 2.45) is 5.41 Å². The maximum atomic E-state index is 16.0. The van der Waals surface area contributed by atoms with Crippen molar-refractivity contribution >= 4 is 45.0 Å². The fourth-order valence-corrected chi connectivity index (χ4v) is 5.00. The average molecular weight is 527 g/mol. The van der Waals surface area contributed by atoms with Gasteiger partial charge in [-0.3, -0.25) is 19.9 Å². The quantitative estimate of drug-likeness (QED) is 0.246. The number of H-pyrrole nitrogens is 2. The van der Waals surface area contributed by atoms with Gasteiger partial charge in [0, 0.05) is 29.9 Å². The summed E-state index contributed by atoms with van der Waals surface area (Å²) in [6, 6.07) is 5.58. The van der Waals surface area contributed by atoms with E-state index in [9.17, 15) is 4.79 Å². The molecular weight excluding hydrogens is 503 g/mol. The van der Waals surface area contributed by atoms with Crippen LogP contribution in [0.25, 0.3) is 56.0 Å². The smallest absolute Gasteiger partial charge is 0.224 e. The number of hydrogen-bond donors (Lipinski definition) is 3. The van der Waals surface area contributed by atoms with Gasteiger partial charge >= 0.3 is 0 Å². The molecular formula is C27H23FN8OS. The first-order valence-electron chi connectivity index (χ1n) is 11.9. The number of imidazole rings is 1. The summed E-state index contributed by atoms with van der Waals surface area (Å²) in [5.74, 6) is -0.325. The number of aromatic nitrogens is 7. The van der Waals surface area contributed by atoms with Crippen LogP contribution >= 0.6 is 11.3 Å². The highest BCUT2D eigenvalue weighted by atomic mass is 32.1. The molecule has 0 fully saturated rings. The molecule has 0 spiro atoms. The summed E-state index contributed by atoms with van der Waals surface area (Å²) in [6.07, 6.45) is 6.61. The molecule has 0 aromatic carbocycles. The highest BCUT2D eigenvalue weighted by Crippen LogP contribution is 2.34. The highest BCUT2D eigenvalue weighted by molar-refractivity contribution is 7.08. The molecule has 0 saturated heterocycles. The number of rotatable bonds is 5. The van der Waals surface area contributed by atoms with E-state index in [1.165, 1.54) is 18.6 Å². The van der Waals surface area contributed by atoms with Crippen molar-refractivity contribution in [2.75, 3.05) is 5.32 Å². The number of nitrogens with one attached hydrogen (secondary N) is 3. The van der Waals surface area contributed by atoms with Crippen LogP contribution in [-0.2, 0) is 4.79 Å². The van der Waals surface area contributed by atoms with Gasteiger partial charge in [0.05, 0.1) is 29.0 Å². The van der Waals surface area contributed by atoms with Crippen LogP contribution in [0.1, 0.15) is 27.2 Å². The Hall–Kier alpha value is -4.51. The van der Waals surface area contributed by atoms with Crippen LogP contribution in [0.5, 0.6) is 0 Å². The minimum Gasteiger partial charge on any atom is -0.325 e. The van der Waals surface area contributed by atoms with Crippen LogP contribution < -0.4 is 5.32 Å². The van der Waals surface area contributed by atoms with Crippen molar-refractivity contribution in [1.29, 1.82) is 0 Å². The molecule has 0 saturated carbocycles. The van der Waals surface area contributed by atoms with Gasteiger partial charge in [-0.15, -0.1) is 0 Å². The van der Waals surface area contributed by atoms with Gasteiger partial charge in [-0.1, -0.05) is 20.8 Å². The number of aromatic amines is 2.